The van der Waals surface area contributed by atoms with Crippen LogP contribution in [-0.2, 0) is 0 Å². The summed E-state index contributed by atoms with van der Waals surface area (Å²) < 4.78 is 0. The highest BCUT2D eigenvalue weighted by molar-refractivity contribution is 6.05. The lowest BCUT2D eigenvalue weighted by molar-refractivity contribution is 0.0684. The predicted molar refractivity (Wildman–Crippen MR) is 73.2 cm³/mol. The fraction of sp³-hybridized carbons (Fsp3) is 0.286. The highest BCUT2D eigenvalue weighted by atomic mass is 16.3. The van der Waals surface area contributed by atoms with Crippen LogP contribution < -0.4 is 5.56 Å². The van der Waals surface area contributed by atoms with Crippen LogP contribution in [0.3, 0.4) is 0 Å². The summed E-state index contributed by atoms with van der Waals surface area (Å²) in [7, 11) is 1.61. The number of carbonyl (C=O) groups is 1. The van der Waals surface area contributed by atoms with E-state index < -0.39 is 0 Å². The number of nitrogens with one attached hydrogen (secondary N) is 1. The highest BCUT2D eigenvalue weighted by Crippen LogP contribution is 2.16. The number of aromatic amines is 1. The molecule has 1 aromatic carbocycles. The van der Waals surface area contributed by atoms with Gasteiger partial charge in [0, 0.05) is 24.0 Å². The van der Waals surface area contributed by atoms with Crippen LogP contribution in [0.1, 0.15) is 17.3 Å². The molecule has 1 unspecified atom stereocenters. The summed E-state index contributed by atoms with van der Waals surface area (Å²) in [5, 5.41) is 9.81. The Balaban J connectivity index is 2.56. The third-order valence-corrected chi connectivity index (χ3v) is 3.23. The maximum atomic E-state index is 12.4. The molecule has 1 amide bonds. The molecule has 0 bridgehead atoms. The summed E-state index contributed by atoms with van der Waals surface area (Å²) in [6.07, 6.45) is 0. The van der Waals surface area contributed by atoms with Crippen LogP contribution in [0.15, 0.2) is 35.1 Å². The fourth-order valence-electron chi connectivity index (χ4n) is 1.89. The molecule has 0 saturated heterocycles. The fourth-order valence-corrected chi connectivity index (χ4v) is 1.89. The first-order valence-electron chi connectivity index (χ1n) is 6.04. The molecule has 0 spiro atoms. The lowest BCUT2D eigenvalue weighted by atomic mass is 10.1. The molecule has 1 atom stereocenters. The van der Waals surface area contributed by atoms with Crippen LogP contribution in [0, 0.1) is 0 Å². The monoisotopic (exact) mass is 260 g/mol. The number of carbonyl (C=O) groups excluding carboxylic acids is 1. The molecular weight excluding hydrogens is 244 g/mol. The number of fused-ring (bicyclic) bond motifs is 1. The van der Waals surface area contributed by atoms with Gasteiger partial charge in [0.15, 0.2) is 0 Å². The number of amides is 1. The molecule has 2 aromatic rings. The second kappa shape index (κ2) is 5.24. The number of aliphatic hydroxyl groups excluding tert-OH is 1. The standard InChI is InChI=1S/C14H16N2O3/c1-9(8-17)16(2)14(19)11-7-13(18)15-12-6-4-3-5-10(11)12/h3-7,9,17H,8H2,1-2H3,(H,15,18). The molecule has 1 heterocycles. The van der Waals surface area contributed by atoms with Crippen molar-refractivity contribution in [3.05, 3.63) is 46.2 Å². The molecule has 0 saturated carbocycles. The zero-order valence-electron chi connectivity index (χ0n) is 10.9. The second-order valence-corrected chi connectivity index (χ2v) is 4.54. The number of nitrogens with zero attached hydrogens (tertiary/aromatic N) is 1. The molecule has 19 heavy (non-hydrogen) atoms. The minimum Gasteiger partial charge on any atom is -0.394 e. The van der Waals surface area contributed by atoms with Crippen LogP contribution in [-0.4, -0.2) is 40.6 Å². The lowest BCUT2D eigenvalue weighted by Crippen LogP contribution is -2.37. The zero-order chi connectivity index (χ0) is 14.0. The van der Waals surface area contributed by atoms with Crippen molar-refractivity contribution >= 4 is 16.8 Å². The van der Waals surface area contributed by atoms with Gasteiger partial charge in [0.05, 0.1) is 18.2 Å². The van der Waals surface area contributed by atoms with Gasteiger partial charge in [-0.05, 0) is 13.0 Å². The smallest absolute Gasteiger partial charge is 0.254 e. The molecule has 0 aliphatic rings. The van der Waals surface area contributed by atoms with Gasteiger partial charge in [-0.1, -0.05) is 18.2 Å². The van der Waals surface area contributed by atoms with Crippen molar-refractivity contribution in [1.29, 1.82) is 0 Å². The van der Waals surface area contributed by atoms with E-state index in [1.807, 2.05) is 6.07 Å². The molecule has 0 aliphatic carbocycles. The van der Waals surface area contributed by atoms with Crippen LogP contribution in [0.25, 0.3) is 10.9 Å². The topological polar surface area (TPSA) is 73.4 Å². The van der Waals surface area contributed by atoms with E-state index in [0.717, 1.165) is 0 Å². The first kappa shape index (κ1) is 13.3. The van der Waals surface area contributed by atoms with Gasteiger partial charge in [-0.25, -0.2) is 0 Å². The van der Waals surface area contributed by atoms with E-state index >= 15 is 0 Å². The number of H-pyrrole nitrogens is 1. The van der Waals surface area contributed by atoms with Gasteiger partial charge < -0.3 is 15.0 Å². The van der Waals surface area contributed by atoms with E-state index in [-0.39, 0.29) is 24.1 Å². The molecule has 2 rings (SSSR count). The van der Waals surface area contributed by atoms with Crippen LogP contribution in [0.4, 0.5) is 0 Å². The van der Waals surface area contributed by atoms with E-state index in [0.29, 0.717) is 16.5 Å². The second-order valence-electron chi connectivity index (χ2n) is 4.54. The van der Waals surface area contributed by atoms with Crippen molar-refractivity contribution in [3.8, 4) is 0 Å². The summed E-state index contributed by atoms with van der Waals surface area (Å²) in [6, 6.07) is 8.15. The number of pyridine rings is 1. The van der Waals surface area contributed by atoms with Crippen LogP contribution in [0.2, 0.25) is 0 Å². The quantitative estimate of drug-likeness (QED) is 0.864. The summed E-state index contributed by atoms with van der Waals surface area (Å²) in [5.41, 5.74) is 0.664. The number of likely N-dealkylation sites (N-methyl/N-ethyl adjacent to an activating group) is 1. The molecule has 0 radical (unpaired) electrons. The van der Waals surface area contributed by atoms with Gasteiger partial charge in [-0.2, -0.15) is 0 Å². The Bertz CT molecular complexity index is 663. The number of rotatable bonds is 3. The van der Waals surface area contributed by atoms with Crippen molar-refractivity contribution in [1.82, 2.24) is 9.88 Å². The zero-order valence-corrected chi connectivity index (χ0v) is 10.9. The highest BCUT2D eigenvalue weighted by Gasteiger charge is 2.19. The molecular formula is C14H16N2O3. The number of hydrogen-bond acceptors (Lipinski definition) is 3. The Morgan fingerprint density at radius 3 is 2.79 bits per heavy atom. The summed E-state index contributed by atoms with van der Waals surface area (Å²) in [6.45, 7) is 1.62. The Morgan fingerprint density at radius 2 is 2.11 bits per heavy atom. The minimum atomic E-state index is -0.313. The van der Waals surface area contributed by atoms with Gasteiger partial charge in [-0.3, -0.25) is 9.59 Å². The van der Waals surface area contributed by atoms with Crippen LogP contribution >= 0.6 is 0 Å². The molecule has 2 N–H and O–H groups in total. The molecule has 1 aromatic heterocycles. The average molecular weight is 260 g/mol. The predicted octanol–water partition coefficient (Wildman–Crippen LogP) is 0.981. The van der Waals surface area contributed by atoms with Crippen molar-refractivity contribution in [2.75, 3.05) is 13.7 Å². The maximum Gasteiger partial charge on any atom is 0.254 e. The van der Waals surface area contributed by atoms with Crippen molar-refractivity contribution in [2.45, 2.75) is 13.0 Å². The average Bonchev–Trinajstić information content (AvgIpc) is 2.43. The Kier molecular flexibility index (Phi) is 3.66. The number of aromatic nitrogens is 1. The summed E-state index contributed by atoms with van der Waals surface area (Å²) >= 11 is 0. The van der Waals surface area contributed by atoms with Gasteiger partial charge in [0.2, 0.25) is 5.56 Å². The van der Waals surface area contributed by atoms with Crippen molar-refractivity contribution < 1.29 is 9.90 Å². The molecule has 5 nitrogen and oxygen atoms in total. The van der Waals surface area contributed by atoms with E-state index in [4.69, 9.17) is 5.11 Å². The van der Waals surface area contributed by atoms with Gasteiger partial charge in [0.1, 0.15) is 0 Å². The minimum absolute atomic E-state index is 0.122. The summed E-state index contributed by atoms with van der Waals surface area (Å²) in [4.78, 5) is 28.1. The normalized spacial score (nSPS) is 12.4. The number of para-hydroxylation sites is 1. The first-order chi connectivity index (χ1) is 9.04. The number of aliphatic hydroxyl groups is 1. The van der Waals surface area contributed by atoms with Gasteiger partial charge in [-0.15, -0.1) is 0 Å². The number of hydrogen-bond donors (Lipinski definition) is 2. The maximum absolute atomic E-state index is 12.4. The lowest BCUT2D eigenvalue weighted by Gasteiger charge is -2.23. The molecule has 0 aliphatic heterocycles. The number of benzene rings is 1. The van der Waals surface area contributed by atoms with E-state index in [9.17, 15) is 9.59 Å². The summed E-state index contributed by atoms with van der Waals surface area (Å²) in [5.74, 6) is -0.274. The van der Waals surface area contributed by atoms with Crippen molar-refractivity contribution in [3.63, 3.8) is 0 Å². The van der Waals surface area contributed by atoms with Crippen molar-refractivity contribution in [2.24, 2.45) is 0 Å². The van der Waals surface area contributed by atoms with Gasteiger partial charge >= 0.3 is 0 Å². The molecule has 100 valence electrons. The Morgan fingerprint density at radius 1 is 1.42 bits per heavy atom. The first-order valence-corrected chi connectivity index (χ1v) is 6.04. The van der Waals surface area contributed by atoms with Crippen LogP contribution in [0.5, 0.6) is 0 Å². The van der Waals surface area contributed by atoms with Gasteiger partial charge in [0.25, 0.3) is 5.91 Å². The molecule has 0 fully saturated rings. The third-order valence-electron chi connectivity index (χ3n) is 3.23. The Labute approximate surface area is 110 Å². The van der Waals surface area contributed by atoms with E-state index in [1.165, 1.54) is 11.0 Å². The Hall–Kier alpha value is -2.14. The SMILES string of the molecule is CC(CO)N(C)C(=O)c1cc(=O)[nH]c2ccccc12. The third kappa shape index (κ3) is 2.51. The van der Waals surface area contributed by atoms with E-state index in [2.05, 4.69) is 4.98 Å². The molecule has 5 heteroatoms. The van der Waals surface area contributed by atoms with E-state index in [1.54, 1.807) is 32.2 Å². The largest absolute Gasteiger partial charge is 0.394 e.